The van der Waals surface area contributed by atoms with Crippen LogP contribution >= 0.6 is 0 Å². The van der Waals surface area contributed by atoms with Gasteiger partial charge in [-0.1, -0.05) is 18.7 Å². The number of carbonyl (C=O) groups is 1. The Morgan fingerprint density at radius 1 is 1.31 bits per heavy atom. The number of likely N-dealkylation sites (tertiary alicyclic amines) is 1. The van der Waals surface area contributed by atoms with Crippen LogP contribution in [0.2, 0.25) is 0 Å². The lowest BCUT2D eigenvalue weighted by Gasteiger charge is -2.29. The van der Waals surface area contributed by atoms with Crippen molar-refractivity contribution in [3.63, 3.8) is 0 Å². The average molecular weight is 435 g/mol. The van der Waals surface area contributed by atoms with E-state index in [2.05, 4.69) is 16.8 Å². The summed E-state index contributed by atoms with van der Waals surface area (Å²) in [6.07, 6.45) is 2.62. The van der Waals surface area contributed by atoms with E-state index < -0.39 is 5.56 Å². The minimum atomic E-state index is -0.544. The molecular formula is C23H26N6O3. The largest absolute Gasteiger partial charge is 0.454 e. The maximum atomic E-state index is 12.2. The number of nitrogens with zero attached hydrogens (tertiary/aromatic N) is 3. The summed E-state index contributed by atoms with van der Waals surface area (Å²) in [4.78, 5) is 30.8. The summed E-state index contributed by atoms with van der Waals surface area (Å²) in [6, 6.07) is 5.85. The van der Waals surface area contributed by atoms with Gasteiger partial charge in [0.25, 0.3) is 5.56 Å². The molecule has 3 heterocycles. The second kappa shape index (κ2) is 8.33. The number of nitrogen functional groups attached to an aromatic ring is 2. The van der Waals surface area contributed by atoms with Crippen LogP contribution in [0, 0.1) is 13.8 Å². The maximum absolute atomic E-state index is 12.2. The molecule has 9 nitrogen and oxygen atoms in total. The highest BCUT2D eigenvalue weighted by atomic mass is 16.3. The number of nitrogens with two attached hydrogens (primary N) is 2. The zero-order chi connectivity index (χ0) is 23.0. The molecule has 0 saturated carbocycles. The van der Waals surface area contributed by atoms with Crippen LogP contribution in [0.15, 0.2) is 45.1 Å². The Bertz CT molecular complexity index is 1300. The number of rotatable bonds is 4. The van der Waals surface area contributed by atoms with Gasteiger partial charge in [-0.25, -0.2) is 5.10 Å². The van der Waals surface area contributed by atoms with Crippen LogP contribution in [0.5, 0.6) is 0 Å². The number of furan rings is 1. The molecule has 4 rings (SSSR count). The molecule has 32 heavy (non-hydrogen) atoms. The highest BCUT2D eigenvalue weighted by molar-refractivity contribution is 6.18. The van der Waals surface area contributed by atoms with Crippen LogP contribution in [-0.2, 0) is 4.79 Å². The molecule has 0 bridgehead atoms. The first kappa shape index (κ1) is 21.4. The number of amides is 1. The van der Waals surface area contributed by atoms with Gasteiger partial charge in [-0.15, -0.1) is 0 Å². The van der Waals surface area contributed by atoms with E-state index in [1.165, 1.54) is 6.08 Å². The number of aryl methyl sites for hydroxylation is 2. The van der Waals surface area contributed by atoms with Crippen molar-refractivity contribution in [2.75, 3.05) is 24.6 Å². The summed E-state index contributed by atoms with van der Waals surface area (Å²) in [6.45, 7) is 8.59. The summed E-state index contributed by atoms with van der Waals surface area (Å²) < 4.78 is 6.20. The van der Waals surface area contributed by atoms with Crippen molar-refractivity contribution >= 4 is 34.1 Å². The fourth-order valence-electron chi connectivity index (χ4n) is 4.05. The van der Waals surface area contributed by atoms with Crippen LogP contribution in [0.4, 0.5) is 11.5 Å². The van der Waals surface area contributed by atoms with E-state index >= 15 is 0 Å². The van der Waals surface area contributed by atoms with E-state index in [1.807, 2.05) is 32.0 Å². The number of aromatic amines is 1. The molecule has 5 N–H and O–H groups in total. The number of anilines is 2. The lowest BCUT2D eigenvalue weighted by Crippen LogP contribution is -2.39. The van der Waals surface area contributed by atoms with E-state index in [1.54, 1.807) is 4.90 Å². The molecule has 1 aromatic carbocycles. The third-order valence-electron chi connectivity index (χ3n) is 5.86. The van der Waals surface area contributed by atoms with Crippen LogP contribution in [0.1, 0.15) is 35.3 Å². The molecule has 1 aliphatic heterocycles. The highest BCUT2D eigenvalue weighted by Gasteiger charge is 2.27. The molecule has 166 valence electrons. The molecule has 9 heteroatoms. The molecule has 0 aliphatic carbocycles. The van der Waals surface area contributed by atoms with Crippen molar-refractivity contribution in [2.45, 2.75) is 32.7 Å². The number of nitrogens with one attached hydrogen (secondary N) is 1. The Morgan fingerprint density at radius 3 is 2.72 bits per heavy atom. The van der Waals surface area contributed by atoms with Gasteiger partial charge in [-0.2, -0.15) is 5.10 Å². The van der Waals surface area contributed by atoms with E-state index in [-0.39, 0.29) is 29.0 Å². The van der Waals surface area contributed by atoms with Crippen molar-refractivity contribution in [1.82, 2.24) is 15.1 Å². The third-order valence-corrected chi connectivity index (χ3v) is 5.86. The van der Waals surface area contributed by atoms with Gasteiger partial charge in [-0.05, 0) is 44.4 Å². The van der Waals surface area contributed by atoms with Gasteiger partial charge in [-0.3, -0.25) is 14.6 Å². The number of benzene rings is 1. The van der Waals surface area contributed by atoms with Crippen LogP contribution in [0.3, 0.4) is 0 Å². The molecule has 1 amide bonds. The fourth-order valence-corrected chi connectivity index (χ4v) is 4.05. The zero-order valence-electron chi connectivity index (χ0n) is 18.1. The number of aromatic nitrogens is 2. The van der Waals surface area contributed by atoms with Gasteiger partial charge in [0.2, 0.25) is 5.91 Å². The molecule has 0 spiro atoms. The van der Waals surface area contributed by atoms with Gasteiger partial charge in [0.15, 0.2) is 11.6 Å². The molecule has 0 unspecified atom stereocenters. The van der Waals surface area contributed by atoms with Crippen molar-refractivity contribution in [2.24, 2.45) is 4.99 Å². The molecule has 1 fully saturated rings. The molecule has 0 radical (unpaired) electrons. The smallest absolute Gasteiger partial charge is 0.288 e. The Hall–Kier alpha value is -3.88. The predicted octanol–water partition coefficient (Wildman–Crippen LogP) is 2.31. The van der Waals surface area contributed by atoms with Crippen LogP contribution in [0.25, 0.3) is 11.0 Å². The Labute approximate surface area is 184 Å². The molecule has 2 aromatic heterocycles. The number of fused-ring (bicyclic) bond motifs is 1. The van der Waals surface area contributed by atoms with Crippen molar-refractivity contribution < 1.29 is 9.21 Å². The normalized spacial score (nSPS) is 15.3. The Morgan fingerprint density at radius 2 is 2.03 bits per heavy atom. The number of piperidine rings is 1. The second-order valence-corrected chi connectivity index (χ2v) is 8.02. The molecule has 3 aromatic rings. The van der Waals surface area contributed by atoms with E-state index in [9.17, 15) is 9.59 Å². The number of H-pyrrole nitrogens is 1. The summed E-state index contributed by atoms with van der Waals surface area (Å²) in [5, 5.41) is 7.14. The van der Waals surface area contributed by atoms with Gasteiger partial charge < -0.3 is 20.8 Å². The number of hydrogen-bond acceptors (Lipinski definition) is 7. The van der Waals surface area contributed by atoms with Crippen molar-refractivity contribution in [1.29, 1.82) is 0 Å². The summed E-state index contributed by atoms with van der Waals surface area (Å²) in [5.74, 6) is 0.473. The molecule has 0 atom stereocenters. The average Bonchev–Trinajstić information content (AvgIpc) is 3.11. The molecule has 1 aliphatic rings. The van der Waals surface area contributed by atoms with Gasteiger partial charge in [0, 0.05) is 24.0 Å². The van der Waals surface area contributed by atoms with E-state index in [0.717, 1.165) is 16.5 Å². The van der Waals surface area contributed by atoms with Gasteiger partial charge in [0.1, 0.15) is 17.0 Å². The second-order valence-electron chi connectivity index (χ2n) is 8.02. The van der Waals surface area contributed by atoms with Gasteiger partial charge >= 0.3 is 0 Å². The minimum Gasteiger partial charge on any atom is -0.454 e. The third kappa shape index (κ3) is 3.77. The Balaban J connectivity index is 1.84. The standard InChI is InChI=1S/C23H26N6O3/c1-4-17(30)29-9-7-14(8-10-29)26-20(18-19(24)23(31)28-27-22(18)25)21-13(3)15-6-5-12(2)11-16(15)32-21/h4-6,11,14H,1,7-10H2,2-3H3,(H,28,31)(H4,24,25,27). The lowest BCUT2D eigenvalue weighted by atomic mass is 10.0. The summed E-state index contributed by atoms with van der Waals surface area (Å²) in [5.41, 5.74) is 15.0. The minimum absolute atomic E-state index is 0.0634. The first-order chi connectivity index (χ1) is 15.3. The first-order valence-electron chi connectivity index (χ1n) is 10.4. The number of hydrogen-bond donors (Lipinski definition) is 3. The quantitative estimate of drug-likeness (QED) is 0.425. The fraction of sp³-hybridized carbons (Fsp3) is 0.304. The van der Waals surface area contributed by atoms with Crippen LogP contribution < -0.4 is 17.0 Å². The Kier molecular flexibility index (Phi) is 5.56. The topological polar surface area (TPSA) is 144 Å². The molecular weight excluding hydrogens is 408 g/mol. The lowest BCUT2D eigenvalue weighted by molar-refractivity contribution is -0.126. The SMILES string of the molecule is C=CC(=O)N1CCC(N=C(c2oc3cc(C)ccc3c2C)c2c(N)n[nH]c(=O)c2N)CC1. The van der Waals surface area contributed by atoms with Crippen LogP contribution in [-0.4, -0.2) is 45.8 Å². The van der Waals surface area contributed by atoms with E-state index in [4.69, 9.17) is 20.9 Å². The van der Waals surface area contributed by atoms with Crippen molar-refractivity contribution in [3.8, 4) is 0 Å². The van der Waals surface area contributed by atoms with E-state index in [0.29, 0.717) is 43.0 Å². The maximum Gasteiger partial charge on any atom is 0.288 e. The van der Waals surface area contributed by atoms with Gasteiger partial charge in [0.05, 0.1) is 11.6 Å². The zero-order valence-corrected chi connectivity index (χ0v) is 18.1. The summed E-state index contributed by atoms with van der Waals surface area (Å²) in [7, 11) is 0. The monoisotopic (exact) mass is 434 g/mol. The number of carbonyl (C=O) groups excluding carboxylic acids is 1. The number of aliphatic imine (C=N–C) groups is 1. The summed E-state index contributed by atoms with van der Waals surface area (Å²) >= 11 is 0. The first-order valence-corrected chi connectivity index (χ1v) is 10.4. The van der Waals surface area contributed by atoms with Crippen molar-refractivity contribution in [3.05, 3.63) is 63.7 Å². The highest BCUT2D eigenvalue weighted by Crippen LogP contribution is 2.31. The molecule has 1 saturated heterocycles. The predicted molar refractivity (Wildman–Crippen MR) is 125 cm³/mol.